The normalized spacial score (nSPS) is 15.4. The predicted molar refractivity (Wildman–Crippen MR) is 116 cm³/mol. The van der Waals surface area contributed by atoms with Crippen LogP contribution in [0.1, 0.15) is 54.7 Å². The third kappa shape index (κ3) is 4.08. The van der Waals surface area contributed by atoms with E-state index >= 15 is 0 Å². The number of ether oxygens (including phenoxy) is 1. The number of hydrogen-bond donors (Lipinski definition) is 1. The Labute approximate surface area is 175 Å². The Morgan fingerprint density at radius 2 is 1.60 bits per heavy atom. The summed E-state index contributed by atoms with van der Waals surface area (Å²) in [5.41, 5.74) is 2.92. The number of esters is 1. The number of nitrogens with zero attached hydrogens (tertiary/aromatic N) is 2. The van der Waals surface area contributed by atoms with E-state index < -0.39 is 11.9 Å². The van der Waals surface area contributed by atoms with E-state index in [4.69, 9.17) is 4.74 Å². The Morgan fingerprint density at radius 1 is 1.00 bits per heavy atom. The van der Waals surface area contributed by atoms with Gasteiger partial charge in [-0.25, -0.2) is 9.79 Å². The van der Waals surface area contributed by atoms with Crippen molar-refractivity contribution >= 4 is 23.4 Å². The third-order valence-electron chi connectivity index (χ3n) is 4.83. The molecule has 2 aromatic rings. The van der Waals surface area contributed by atoms with Gasteiger partial charge in [0.1, 0.15) is 11.3 Å². The first-order valence-electron chi connectivity index (χ1n) is 9.54. The highest BCUT2D eigenvalue weighted by atomic mass is 16.5. The van der Waals surface area contributed by atoms with Crippen molar-refractivity contribution in [3.05, 3.63) is 82.1 Å². The molecule has 30 heavy (non-hydrogen) atoms. The van der Waals surface area contributed by atoms with E-state index in [1.807, 2.05) is 12.1 Å². The predicted octanol–water partition coefficient (Wildman–Crippen LogP) is 4.38. The highest BCUT2D eigenvalue weighted by Crippen LogP contribution is 2.26. The lowest BCUT2D eigenvalue weighted by atomic mass is 9.87. The van der Waals surface area contributed by atoms with Gasteiger partial charge < -0.3 is 9.84 Å². The summed E-state index contributed by atoms with van der Waals surface area (Å²) in [5.74, 6) is -1.18. The van der Waals surface area contributed by atoms with Gasteiger partial charge in [0.05, 0.1) is 12.8 Å². The topological polar surface area (TPSA) is 88.3 Å². The van der Waals surface area contributed by atoms with Crippen LogP contribution in [0.2, 0.25) is 0 Å². The van der Waals surface area contributed by atoms with E-state index in [-0.39, 0.29) is 28.3 Å². The molecule has 0 atom stereocenters. The minimum absolute atomic E-state index is 0.0180. The number of hydrogen-bond acceptors (Lipinski definition) is 4. The van der Waals surface area contributed by atoms with Gasteiger partial charge in [-0.05, 0) is 30.0 Å². The fourth-order valence-corrected chi connectivity index (χ4v) is 3.18. The molecule has 1 amide bonds. The first-order chi connectivity index (χ1) is 14.1. The molecule has 0 saturated carbocycles. The standard InChI is InChI=1S/C24H24N2O4/c1-14(27)19(23(29)30-5)20-17-8-6-7-9-18(17)21(25-20)26-22(28)15-10-12-16(13-11-15)24(2,3)4/h6-13,27H,1-5H3/b19-14-,26-21?. The molecular weight excluding hydrogens is 380 g/mol. The molecule has 0 bridgehead atoms. The molecule has 1 aliphatic rings. The molecule has 1 N–H and O–H groups in total. The van der Waals surface area contributed by atoms with E-state index in [0.717, 1.165) is 5.56 Å². The van der Waals surface area contributed by atoms with Gasteiger partial charge in [0, 0.05) is 16.7 Å². The van der Waals surface area contributed by atoms with E-state index in [2.05, 4.69) is 30.8 Å². The van der Waals surface area contributed by atoms with E-state index in [1.54, 1.807) is 36.4 Å². The maximum Gasteiger partial charge on any atom is 0.343 e. The molecular formula is C24H24N2O4. The number of allylic oxidation sites excluding steroid dienone is 1. The van der Waals surface area contributed by atoms with Crippen molar-refractivity contribution in [2.24, 2.45) is 9.98 Å². The fraction of sp³-hybridized carbons (Fsp3) is 0.250. The highest BCUT2D eigenvalue weighted by molar-refractivity contribution is 6.36. The van der Waals surface area contributed by atoms with Crippen molar-refractivity contribution in [3.8, 4) is 0 Å². The number of benzene rings is 2. The van der Waals surface area contributed by atoms with E-state index in [0.29, 0.717) is 16.7 Å². The van der Waals surface area contributed by atoms with Crippen LogP contribution in [0.25, 0.3) is 0 Å². The first kappa shape index (κ1) is 21.2. The molecule has 0 spiro atoms. The number of amidine groups is 1. The molecule has 6 heteroatoms. The highest BCUT2D eigenvalue weighted by Gasteiger charge is 2.30. The van der Waals surface area contributed by atoms with Gasteiger partial charge in [-0.2, -0.15) is 4.99 Å². The maximum atomic E-state index is 12.8. The number of methoxy groups -OCH3 is 1. The van der Waals surface area contributed by atoms with E-state index in [1.165, 1.54) is 14.0 Å². The minimum atomic E-state index is -0.714. The molecule has 0 aliphatic carbocycles. The molecule has 0 fully saturated rings. The molecule has 0 radical (unpaired) electrons. The number of carbonyl (C=O) groups is 2. The quantitative estimate of drug-likeness (QED) is 0.467. The van der Waals surface area contributed by atoms with Gasteiger partial charge in [0.15, 0.2) is 5.84 Å². The van der Waals surface area contributed by atoms with Crippen LogP contribution < -0.4 is 0 Å². The molecule has 3 rings (SSSR count). The minimum Gasteiger partial charge on any atom is -0.512 e. The number of carbonyl (C=O) groups excluding carboxylic acids is 2. The summed E-state index contributed by atoms with van der Waals surface area (Å²) in [4.78, 5) is 33.5. The zero-order valence-corrected chi connectivity index (χ0v) is 17.7. The largest absolute Gasteiger partial charge is 0.512 e. The summed E-state index contributed by atoms with van der Waals surface area (Å²) in [6.45, 7) is 7.69. The lowest BCUT2D eigenvalue weighted by Gasteiger charge is -2.18. The van der Waals surface area contributed by atoms with Crippen LogP contribution >= 0.6 is 0 Å². The number of aliphatic imine (C=N–C) groups is 2. The van der Waals surface area contributed by atoms with Crippen LogP contribution in [0.15, 0.2) is 69.8 Å². The lowest BCUT2D eigenvalue weighted by molar-refractivity contribution is -0.135. The molecule has 0 unspecified atom stereocenters. The van der Waals surface area contributed by atoms with Crippen LogP contribution in [-0.2, 0) is 14.9 Å². The molecule has 154 valence electrons. The summed E-state index contributed by atoms with van der Waals surface area (Å²) in [7, 11) is 1.23. The average Bonchev–Trinajstić information content (AvgIpc) is 3.05. The van der Waals surface area contributed by atoms with Crippen molar-refractivity contribution in [1.82, 2.24) is 0 Å². The maximum absolute atomic E-state index is 12.8. The van der Waals surface area contributed by atoms with Crippen molar-refractivity contribution in [1.29, 1.82) is 0 Å². The van der Waals surface area contributed by atoms with Crippen LogP contribution in [0, 0.1) is 0 Å². The Morgan fingerprint density at radius 3 is 2.13 bits per heavy atom. The zero-order chi connectivity index (χ0) is 22.1. The van der Waals surface area contributed by atoms with E-state index in [9.17, 15) is 14.7 Å². The van der Waals surface area contributed by atoms with Gasteiger partial charge in [-0.3, -0.25) is 4.79 Å². The summed E-state index contributed by atoms with van der Waals surface area (Å²) < 4.78 is 4.78. The zero-order valence-electron chi connectivity index (χ0n) is 17.7. The average molecular weight is 404 g/mol. The van der Waals surface area contributed by atoms with Crippen molar-refractivity contribution < 1.29 is 19.4 Å². The molecule has 0 aromatic heterocycles. The number of rotatable bonds is 3. The summed E-state index contributed by atoms with van der Waals surface area (Å²) in [6, 6.07) is 14.4. The van der Waals surface area contributed by atoms with Crippen LogP contribution in [0.4, 0.5) is 0 Å². The van der Waals surface area contributed by atoms with Gasteiger partial charge in [0.25, 0.3) is 5.91 Å². The summed E-state index contributed by atoms with van der Waals surface area (Å²) in [5, 5.41) is 10.0. The van der Waals surface area contributed by atoms with Crippen molar-refractivity contribution in [2.75, 3.05) is 7.11 Å². The number of fused-ring (bicyclic) bond motifs is 1. The smallest absolute Gasteiger partial charge is 0.343 e. The SMILES string of the molecule is COC(=O)/C(C1=NC(=NC(=O)c2ccc(C(C)(C)C)cc2)c2ccccc21)=C(/C)O. The third-order valence-corrected chi connectivity index (χ3v) is 4.83. The lowest BCUT2D eigenvalue weighted by Crippen LogP contribution is -2.16. The number of aliphatic hydroxyl groups excluding tert-OH is 1. The second kappa shape index (κ2) is 8.06. The fourth-order valence-electron chi connectivity index (χ4n) is 3.18. The van der Waals surface area contributed by atoms with Gasteiger partial charge >= 0.3 is 5.97 Å². The Hall–Kier alpha value is -3.54. The van der Waals surface area contributed by atoms with Crippen LogP contribution in [-0.4, -0.2) is 35.6 Å². The van der Waals surface area contributed by atoms with Crippen molar-refractivity contribution in [3.63, 3.8) is 0 Å². The van der Waals surface area contributed by atoms with Crippen LogP contribution in [0.3, 0.4) is 0 Å². The number of aliphatic hydroxyl groups is 1. The molecule has 1 heterocycles. The Balaban J connectivity index is 2.04. The molecule has 2 aromatic carbocycles. The number of amides is 1. The van der Waals surface area contributed by atoms with Crippen LogP contribution in [0.5, 0.6) is 0 Å². The Bertz CT molecular complexity index is 1100. The monoisotopic (exact) mass is 404 g/mol. The molecule has 6 nitrogen and oxygen atoms in total. The summed E-state index contributed by atoms with van der Waals surface area (Å²) in [6.07, 6.45) is 0. The van der Waals surface area contributed by atoms with Gasteiger partial charge in [0.2, 0.25) is 0 Å². The van der Waals surface area contributed by atoms with Crippen molar-refractivity contribution in [2.45, 2.75) is 33.1 Å². The summed E-state index contributed by atoms with van der Waals surface area (Å²) >= 11 is 0. The molecule has 0 saturated heterocycles. The molecule has 1 aliphatic heterocycles. The van der Waals surface area contributed by atoms with Gasteiger partial charge in [-0.15, -0.1) is 0 Å². The second-order valence-corrected chi connectivity index (χ2v) is 8.03. The second-order valence-electron chi connectivity index (χ2n) is 8.03. The van der Waals surface area contributed by atoms with Gasteiger partial charge in [-0.1, -0.05) is 57.2 Å². The Kier molecular flexibility index (Phi) is 5.69. The first-order valence-corrected chi connectivity index (χ1v) is 9.54.